The number of ether oxygens (including phenoxy) is 2. The fourth-order valence-corrected chi connectivity index (χ4v) is 4.47. The molecule has 39 heavy (non-hydrogen) atoms. The Hall–Kier alpha value is -3.95. The van der Waals surface area contributed by atoms with E-state index in [0.29, 0.717) is 42.6 Å². The van der Waals surface area contributed by atoms with Crippen LogP contribution < -0.4 is 14.8 Å². The smallest absolute Gasteiger partial charge is 0.318 e. The fraction of sp³-hybridized carbons (Fsp3) is 0.483. The molecule has 0 aliphatic heterocycles. The molecular weight excluding hydrogens is 496 g/mol. The van der Waals surface area contributed by atoms with Crippen molar-refractivity contribution in [3.05, 3.63) is 65.0 Å². The first-order chi connectivity index (χ1) is 18.7. The van der Waals surface area contributed by atoms with Gasteiger partial charge in [-0.25, -0.2) is 4.79 Å². The molecule has 10 nitrogen and oxygen atoms in total. The SMILES string of the molecule is CCOc1cc(C(C)N(CCCCc2ccccc2)C(=O)NC(C)(C)c2nn[nH]n2)cc(OCC)c1C(C)=O. The minimum atomic E-state index is -0.850. The van der Waals surface area contributed by atoms with Gasteiger partial charge in [0.2, 0.25) is 0 Å². The highest BCUT2D eigenvalue weighted by atomic mass is 16.5. The lowest BCUT2D eigenvalue weighted by atomic mass is 10.00. The van der Waals surface area contributed by atoms with E-state index >= 15 is 0 Å². The molecule has 2 N–H and O–H groups in total. The number of nitrogens with zero attached hydrogens (tertiary/aromatic N) is 4. The second-order valence-electron chi connectivity index (χ2n) is 9.92. The van der Waals surface area contributed by atoms with Gasteiger partial charge >= 0.3 is 6.03 Å². The molecular formula is C29H40N6O4. The van der Waals surface area contributed by atoms with Crippen LogP contribution in [0.15, 0.2) is 42.5 Å². The molecule has 1 unspecified atom stereocenters. The number of urea groups is 1. The number of unbranched alkanes of at least 4 members (excludes halogenated alkanes) is 1. The van der Waals surface area contributed by atoms with Crippen molar-refractivity contribution in [2.45, 2.75) is 72.4 Å². The van der Waals surface area contributed by atoms with Gasteiger partial charge in [0.05, 0.1) is 24.8 Å². The molecule has 1 heterocycles. The summed E-state index contributed by atoms with van der Waals surface area (Å²) in [5.41, 5.74) is 1.63. The van der Waals surface area contributed by atoms with Crippen molar-refractivity contribution >= 4 is 11.8 Å². The number of nitrogens with one attached hydrogen (secondary N) is 2. The molecule has 0 aliphatic carbocycles. The van der Waals surface area contributed by atoms with Gasteiger partial charge in [0, 0.05) is 6.54 Å². The zero-order valence-electron chi connectivity index (χ0n) is 23.8. The number of H-pyrrole nitrogens is 1. The van der Waals surface area contributed by atoms with Gasteiger partial charge in [0.15, 0.2) is 11.6 Å². The maximum absolute atomic E-state index is 13.7. The van der Waals surface area contributed by atoms with Gasteiger partial charge < -0.3 is 19.7 Å². The van der Waals surface area contributed by atoms with Gasteiger partial charge in [-0.05, 0) is 84.1 Å². The average Bonchev–Trinajstić information content (AvgIpc) is 3.45. The molecule has 0 bridgehead atoms. The van der Waals surface area contributed by atoms with E-state index in [2.05, 4.69) is 38.1 Å². The monoisotopic (exact) mass is 536 g/mol. The van der Waals surface area contributed by atoms with Crippen LogP contribution in [0.1, 0.15) is 87.7 Å². The Bertz CT molecular complexity index is 1190. The van der Waals surface area contributed by atoms with Gasteiger partial charge in [-0.1, -0.05) is 35.5 Å². The number of carbonyl (C=O) groups excluding carboxylic acids is 2. The van der Waals surface area contributed by atoms with Crippen LogP contribution in [0.5, 0.6) is 11.5 Å². The first-order valence-electron chi connectivity index (χ1n) is 13.5. The Labute approximate surface area is 230 Å². The van der Waals surface area contributed by atoms with Crippen LogP contribution in [-0.4, -0.2) is 57.1 Å². The van der Waals surface area contributed by atoms with Crippen LogP contribution in [0.25, 0.3) is 0 Å². The first-order valence-corrected chi connectivity index (χ1v) is 13.5. The molecule has 0 radical (unpaired) electrons. The summed E-state index contributed by atoms with van der Waals surface area (Å²) < 4.78 is 11.7. The normalized spacial score (nSPS) is 12.1. The lowest BCUT2D eigenvalue weighted by Gasteiger charge is -2.34. The first kappa shape index (κ1) is 29.6. The average molecular weight is 537 g/mol. The molecule has 0 saturated carbocycles. The summed E-state index contributed by atoms with van der Waals surface area (Å²) in [6.07, 6.45) is 2.65. The zero-order valence-corrected chi connectivity index (χ0v) is 23.8. The van der Waals surface area contributed by atoms with E-state index in [1.165, 1.54) is 12.5 Å². The van der Waals surface area contributed by atoms with E-state index in [0.717, 1.165) is 24.8 Å². The number of hydrogen-bond donors (Lipinski definition) is 2. The van der Waals surface area contributed by atoms with Crippen molar-refractivity contribution in [1.82, 2.24) is 30.8 Å². The number of aromatic nitrogens is 4. The molecule has 3 rings (SSSR count). The third-order valence-electron chi connectivity index (χ3n) is 6.53. The molecule has 2 aromatic carbocycles. The van der Waals surface area contributed by atoms with E-state index < -0.39 is 5.54 Å². The van der Waals surface area contributed by atoms with E-state index in [-0.39, 0.29) is 17.9 Å². The lowest BCUT2D eigenvalue weighted by molar-refractivity contribution is 0.100. The number of hydrogen-bond acceptors (Lipinski definition) is 7. The third-order valence-corrected chi connectivity index (χ3v) is 6.53. The second-order valence-corrected chi connectivity index (χ2v) is 9.92. The minimum absolute atomic E-state index is 0.140. The van der Waals surface area contributed by atoms with Crippen molar-refractivity contribution in [3.63, 3.8) is 0 Å². The van der Waals surface area contributed by atoms with Gasteiger partial charge in [-0.2, -0.15) is 5.21 Å². The highest BCUT2D eigenvalue weighted by Crippen LogP contribution is 2.36. The lowest BCUT2D eigenvalue weighted by Crippen LogP contribution is -2.50. The van der Waals surface area contributed by atoms with Crippen LogP contribution in [-0.2, 0) is 12.0 Å². The molecule has 1 atom stereocenters. The van der Waals surface area contributed by atoms with Crippen LogP contribution in [0.3, 0.4) is 0 Å². The van der Waals surface area contributed by atoms with Crippen LogP contribution >= 0.6 is 0 Å². The number of aryl methyl sites for hydroxylation is 1. The number of rotatable bonds is 14. The Morgan fingerprint density at radius 1 is 1.05 bits per heavy atom. The molecule has 210 valence electrons. The van der Waals surface area contributed by atoms with E-state index in [9.17, 15) is 9.59 Å². The van der Waals surface area contributed by atoms with E-state index in [4.69, 9.17) is 9.47 Å². The third kappa shape index (κ3) is 7.78. The second kappa shape index (κ2) is 13.7. The van der Waals surface area contributed by atoms with Gasteiger partial charge in [0.1, 0.15) is 17.1 Å². The molecule has 1 aromatic heterocycles. The van der Waals surface area contributed by atoms with E-state index in [1.54, 1.807) is 4.90 Å². The summed E-state index contributed by atoms with van der Waals surface area (Å²) in [5, 5.41) is 17.3. The summed E-state index contributed by atoms with van der Waals surface area (Å²) in [7, 11) is 0. The number of tetrazole rings is 1. The van der Waals surface area contributed by atoms with Crippen molar-refractivity contribution in [1.29, 1.82) is 0 Å². The van der Waals surface area contributed by atoms with Crippen molar-refractivity contribution in [2.24, 2.45) is 0 Å². The number of carbonyl (C=O) groups is 2. The van der Waals surface area contributed by atoms with Crippen molar-refractivity contribution < 1.29 is 19.1 Å². The standard InChI is InChI=1S/C29H40N6O4/c1-7-38-24-18-23(19-25(39-8-2)26(24)21(4)36)20(3)35(17-13-12-16-22-14-10-9-11-15-22)28(37)30-29(5,6)27-31-33-34-32-27/h9-11,14-15,18-20H,7-8,12-13,16-17H2,1-6H3,(H,30,37)(H,31,32,33,34). The number of aromatic amines is 1. The van der Waals surface area contributed by atoms with Crippen LogP contribution in [0.2, 0.25) is 0 Å². The molecule has 0 fully saturated rings. The van der Waals surface area contributed by atoms with Crippen LogP contribution in [0.4, 0.5) is 4.79 Å². The van der Waals surface area contributed by atoms with Crippen molar-refractivity contribution in [3.8, 4) is 11.5 Å². The Morgan fingerprint density at radius 3 is 2.23 bits per heavy atom. The number of benzene rings is 2. The maximum atomic E-state index is 13.7. The molecule has 0 aliphatic rings. The molecule has 3 aromatic rings. The molecule has 0 spiro atoms. The quantitative estimate of drug-likeness (QED) is 0.214. The van der Waals surface area contributed by atoms with Gasteiger partial charge in [-0.3, -0.25) is 4.79 Å². The Balaban J connectivity index is 1.90. The Kier molecular flexibility index (Phi) is 10.4. The predicted octanol–water partition coefficient (Wildman–Crippen LogP) is 5.23. The van der Waals surface area contributed by atoms with Gasteiger partial charge in [-0.15, -0.1) is 10.2 Å². The summed E-state index contributed by atoms with van der Waals surface area (Å²) >= 11 is 0. The Morgan fingerprint density at radius 2 is 1.69 bits per heavy atom. The zero-order chi connectivity index (χ0) is 28.4. The van der Waals surface area contributed by atoms with Crippen LogP contribution in [0, 0.1) is 0 Å². The summed E-state index contributed by atoms with van der Waals surface area (Å²) in [5.74, 6) is 1.15. The fourth-order valence-electron chi connectivity index (χ4n) is 4.47. The van der Waals surface area contributed by atoms with Crippen molar-refractivity contribution in [2.75, 3.05) is 19.8 Å². The molecule has 10 heteroatoms. The topological polar surface area (TPSA) is 122 Å². The highest BCUT2D eigenvalue weighted by Gasteiger charge is 2.32. The van der Waals surface area contributed by atoms with Gasteiger partial charge in [0.25, 0.3) is 0 Å². The summed E-state index contributed by atoms with van der Waals surface area (Å²) in [6.45, 7) is 12.2. The minimum Gasteiger partial charge on any atom is -0.493 e. The summed E-state index contributed by atoms with van der Waals surface area (Å²) in [4.78, 5) is 28.0. The molecule has 2 amide bonds. The number of ketones is 1. The largest absolute Gasteiger partial charge is 0.493 e. The summed E-state index contributed by atoms with van der Waals surface area (Å²) in [6, 6.07) is 13.4. The number of Topliss-reactive ketones (excluding diaryl/α,β-unsaturated/α-hetero) is 1. The highest BCUT2D eigenvalue weighted by molar-refractivity contribution is 5.99. The maximum Gasteiger partial charge on any atom is 0.318 e. The van der Waals surface area contributed by atoms with E-state index in [1.807, 2.05) is 65.0 Å². The molecule has 0 saturated heterocycles. The number of amides is 2. The predicted molar refractivity (Wildman–Crippen MR) is 149 cm³/mol.